The van der Waals surface area contributed by atoms with Crippen molar-refractivity contribution in [3.05, 3.63) is 27.5 Å². The van der Waals surface area contributed by atoms with Gasteiger partial charge < -0.3 is 4.74 Å². The molecule has 1 aliphatic carbocycles. The Morgan fingerprint density at radius 3 is 3.06 bits per heavy atom. The number of ether oxygens (including phenoxy) is 1. The smallest absolute Gasteiger partial charge is 0.341 e. The molecule has 2 unspecified atom stereocenters. The van der Waals surface area contributed by atoms with Crippen molar-refractivity contribution in [1.29, 1.82) is 0 Å². The minimum absolute atomic E-state index is 0.0105. The first kappa shape index (κ1) is 13.8. The van der Waals surface area contributed by atoms with Crippen molar-refractivity contribution in [2.24, 2.45) is 5.92 Å². The van der Waals surface area contributed by atoms with Crippen molar-refractivity contribution >= 4 is 33.5 Å². The van der Waals surface area contributed by atoms with Crippen LogP contribution < -0.4 is 0 Å². The molecule has 0 saturated heterocycles. The van der Waals surface area contributed by atoms with Gasteiger partial charge in [0.05, 0.1) is 5.56 Å². The summed E-state index contributed by atoms with van der Waals surface area (Å²) in [5.41, 5.74) is 0.323. The largest absolute Gasteiger partial charge is 0.459 e. The van der Waals surface area contributed by atoms with E-state index in [0.717, 1.165) is 23.7 Å². The molecular weight excluding hydrogens is 318 g/mol. The van der Waals surface area contributed by atoms with E-state index in [2.05, 4.69) is 27.8 Å². The number of rotatable bonds is 2. The first-order valence-corrected chi connectivity index (χ1v) is 7.25. The minimum atomic E-state index is -0.382. The third-order valence-corrected chi connectivity index (χ3v) is 3.92. The lowest BCUT2D eigenvalue weighted by Crippen LogP contribution is -2.24. The molecule has 0 N–H and O–H groups in total. The van der Waals surface area contributed by atoms with Gasteiger partial charge in [0.2, 0.25) is 0 Å². The fourth-order valence-corrected chi connectivity index (χ4v) is 2.78. The molecule has 1 heterocycles. The second-order valence-electron chi connectivity index (χ2n) is 4.79. The zero-order chi connectivity index (χ0) is 13.1. The second kappa shape index (κ2) is 6.02. The maximum absolute atomic E-state index is 12.0. The average Bonchev–Trinajstić information content (AvgIpc) is 2.32. The molecule has 3 nitrogen and oxygen atoms in total. The summed E-state index contributed by atoms with van der Waals surface area (Å²) in [6.07, 6.45) is 5.77. The van der Waals surface area contributed by atoms with Gasteiger partial charge in [-0.25, -0.2) is 9.78 Å². The van der Waals surface area contributed by atoms with Gasteiger partial charge in [-0.1, -0.05) is 24.9 Å². The van der Waals surface area contributed by atoms with Crippen LogP contribution in [0.4, 0.5) is 0 Å². The normalized spacial score (nSPS) is 23.7. The van der Waals surface area contributed by atoms with Crippen LogP contribution in [-0.2, 0) is 4.74 Å². The minimum Gasteiger partial charge on any atom is -0.459 e. The van der Waals surface area contributed by atoms with Crippen molar-refractivity contribution in [2.75, 3.05) is 0 Å². The third kappa shape index (κ3) is 3.45. The van der Waals surface area contributed by atoms with Gasteiger partial charge in [0.25, 0.3) is 0 Å². The summed E-state index contributed by atoms with van der Waals surface area (Å²) in [5, 5.41) is 0.187. The average molecular weight is 333 g/mol. The zero-order valence-corrected chi connectivity index (χ0v) is 12.5. The molecule has 0 spiro atoms. The van der Waals surface area contributed by atoms with E-state index in [0.29, 0.717) is 11.5 Å². The van der Waals surface area contributed by atoms with Crippen LogP contribution in [0.1, 0.15) is 43.0 Å². The van der Waals surface area contributed by atoms with Gasteiger partial charge in [-0.2, -0.15) is 0 Å². The van der Waals surface area contributed by atoms with E-state index >= 15 is 0 Å². The van der Waals surface area contributed by atoms with Crippen LogP contribution >= 0.6 is 27.5 Å². The third-order valence-electron chi connectivity index (χ3n) is 3.19. The zero-order valence-electron chi connectivity index (χ0n) is 10.2. The highest BCUT2D eigenvalue weighted by Gasteiger charge is 2.24. The Hall–Kier alpha value is -0.610. The Kier molecular flexibility index (Phi) is 4.62. The van der Waals surface area contributed by atoms with Gasteiger partial charge in [-0.15, -0.1) is 0 Å². The van der Waals surface area contributed by atoms with Crippen LogP contribution in [0, 0.1) is 5.92 Å². The molecule has 2 atom stereocenters. The highest BCUT2D eigenvalue weighted by atomic mass is 79.9. The van der Waals surface area contributed by atoms with Gasteiger partial charge in [-0.3, -0.25) is 0 Å². The Morgan fingerprint density at radius 2 is 2.33 bits per heavy atom. The highest BCUT2D eigenvalue weighted by molar-refractivity contribution is 9.10. The van der Waals surface area contributed by atoms with Crippen molar-refractivity contribution < 1.29 is 9.53 Å². The summed E-state index contributed by atoms with van der Waals surface area (Å²) in [4.78, 5) is 16.0. The lowest BCUT2D eigenvalue weighted by molar-refractivity contribution is 0.0155. The molecule has 0 amide bonds. The SMILES string of the molecule is CC1CCCC(OC(=O)c2cc(Br)cnc2Cl)C1. The predicted molar refractivity (Wildman–Crippen MR) is 73.8 cm³/mol. The van der Waals surface area contributed by atoms with Gasteiger partial charge in [-0.05, 0) is 47.2 Å². The molecule has 0 radical (unpaired) electrons. The molecule has 1 aromatic heterocycles. The van der Waals surface area contributed by atoms with Gasteiger partial charge in [0.1, 0.15) is 11.3 Å². The Labute approximate surface area is 120 Å². The highest BCUT2D eigenvalue weighted by Crippen LogP contribution is 2.27. The Balaban J connectivity index is 2.05. The van der Waals surface area contributed by atoms with Gasteiger partial charge >= 0.3 is 5.97 Å². The van der Waals surface area contributed by atoms with E-state index in [9.17, 15) is 4.79 Å². The molecule has 1 fully saturated rings. The number of esters is 1. The van der Waals surface area contributed by atoms with Crippen LogP contribution in [-0.4, -0.2) is 17.1 Å². The molecule has 1 aromatic rings. The van der Waals surface area contributed by atoms with Gasteiger partial charge in [0, 0.05) is 10.7 Å². The molecule has 0 aromatic carbocycles. The van der Waals surface area contributed by atoms with Crippen molar-refractivity contribution in [1.82, 2.24) is 4.98 Å². The summed E-state index contributed by atoms with van der Waals surface area (Å²) in [7, 11) is 0. The van der Waals surface area contributed by atoms with Gasteiger partial charge in [0.15, 0.2) is 0 Å². The summed E-state index contributed by atoms with van der Waals surface area (Å²) in [6, 6.07) is 1.64. The lowest BCUT2D eigenvalue weighted by Gasteiger charge is -2.26. The first-order valence-electron chi connectivity index (χ1n) is 6.08. The van der Waals surface area contributed by atoms with Crippen molar-refractivity contribution in [3.8, 4) is 0 Å². The molecular formula is C13H15BrClNO2. The van der Waals surface area contributed by atoms with E-state index in [-0.39, 0.29) is 17.2 Å². The number of aromatic nitrogens is 1. The monoisotopic (exact) mass is 331 g/mol. The number of pyridine rings is 1. The molecule has 1 saturated carbocycles. The maximum atomic E-state index is 12.0. The molecule has 1 aliphatic rings. The number of hydrogen-bond acceptors (Lipinski definition) is 3. The molecule has 5 heteroatoms. The van der Waals surface area contributed by atoms with Crippen LogP contribution in [0.5, 0.6) is 0 Å². The number of hydrogen-bond donors (Lipinski definition) is 0. The lowest BCUT2D eigenvalue weighted by atomic mass is 9.89. The van der Waals surface area contributed by atoms with Crippen molar-refractivity contribution in [2.45, 2.75) is 38.7 Å². The summed E-state index contributed by atoms with van der Waals surface area (Å²) >= 11 is 9.18. The van der Waals surface area contributed by atoms with Crippen LogP contribution in [0.25, 0.3) is 0 Å². The number of carbonyl (C=O) groups excluding carboxylic acids is 1. The number of nitrogens with zero attached hydrogens (tertiary/aromatic N) is 1. The second-order valence-corrected chi connectivity index (χ2v) is 6.06. The predicted octanol–water partition coefficient (Wildman–Crippen LogP) is 4.23. The van der Waals surface area contributed by atoms with E-state index in [1.54, 1.807) is 12.3 Å². The fourth-order valence-electron chi connectivity index (χ4n) is 2.27. The van der Waals surface area contributed by atoms with E-state index in [1.165, 1.54) is 6.42 Å². The van der Waals surface area contributed by atoms with Crippen LogP contribution in [0.15, 0.2) is 16.7 Å². The number of halogens is 2. The van der Waals surface area contributed by atoms with Crippen molar-refractivity contribution in [3.63, 3.8) is 0 Å². The van der Waals surface area contributed by atoms with E-state index in [4.69, 9.17) is 16.3 Å². The summed E-state index contributed by atoms with van der Waals surface area (Å²) < 4.78 is 6.22. The van der Waals surface area contributed by atoms with Crippen LogP contribution in [0.2, 0.25) is 5.15 Å². The standard InChI is InChI=1S/C13H15BrClNO2/c1-8-3-2-4-10(5-8)18-13(17)11-6-9(14)7-16-12(11)15/h6-8,10H,2-5H2,1H3. The van der Waals surface area contributed by atoms with Crippen LogP contribution in [0.3, 0.4) is 0 Å². The first-order chi connectivity index (χ1) is 8.56. The quantitative estimate of drug-likeness (QED) is 0.601. The topological polar surface area (TPSA) is 39.2 Å². The summed E-state index contributed by atoms with van der Waals surface area (Å²) in [5.74, 6) is 0.237. The molecule has 0 aliphatic heterocycles. The molecule has 18 heavy (non-hydrogen) atoms. The molecule has 98 valence electrons. The molecule has 2 rings (SSSR count). The number of carbonyl (C=O) groups is 1. The fraction of sp³-hybridized carbons (Fsp3) is 0.538. The Morgan fingerprint density at radius 1 is 1.56 bits per heavy atom. The summed E-state index contributed by atoms with van der Waals surface area (Å²) in [6.45, 7) is 2.19. The Bertz CT molecular complexity index is 453. The van der Waals surface area contributed by atoms with E-state index < -0.39 is 0 Å². The molecule has 0 bridgehead atoms. The van der Waals surface area contributed by atoms with E-state index in [1.807, 2.05) is 0 Å². The maximum Gasteiger partial charge on any atom is 0.341 e.